The highest BCUT2D eigenvalue weighted by Crippen LogP contribution is 2.41. The molecule has 0 unspecified atom stereocenters. The van der Waals surface area contributed by atoms with Crippen LogP contribution in [0.3, 0.4) is 0 Å². The number of piperazine rings is 1. The van der Waals surface area contributed by atoms with Gasteiger partial charge in [0.05, 0.1) is 24.1 Å². The Morgan fingerprint density at radius 2 is 1.98 bits per heavy atom. The molecular formula is C35H38F2N6O2. The van der Waals surface area contributed by atoms with E-state index < -0.39 is 17.5 Å². The van der Waals surface area contributed by atoms with Crippen LogP contribution in [0.25, 0.3) is 22.0 Å². The Morgan fingerprint density at radius 1 is 1.11 bits per heavy atom. The molecule has 10 heteroatoms. The molecule has 0 spiro atoms. The van der Waals surface area contributed by atoms with E-state index in [2.05, 4.69) is 28.6 Å². The van der Waals surface area contributed by atoms with Gasteiger partial charge in [-0.15, -0.1) is 0 Å². The van der Waals surface area contributed by atoms with Crippen molar-refractivity contribution in [2.24, 2.45) is 0 Å². The molecule has 1 aromatic heterocycles. The Labute approximate surface area is 262 Å². The van der Waals surface area contributed by atoms with Crippen molar-refractivity contribution in [2.45, 2.75) is 69.1 Å². The Kier molecular flexibility index (Phi) is 7.90. The van der Waals surface area contributed by atoms with E-state index in [1.54, 1.807) is 4.90 Å². The largest absolute Gasteiger partial charge is 0.461 e. The van der Waals surface area contributed by atoms with Gasteiger partial charge in [-0.05, 0) is 73.9 Å². The topological polar surface area (TPSA) is 85.6 Å². The van der Waals surface area contributed by atoms with Gasteiger partial charge in [-0.2, -0.15) is 15.2 Å². The molecule has 4 aliphatic rings. The van der Waals surface area contributed by atoms with Crippen molar-refractivity contribution in [2.75, 3.05) is 44.2 Å². The highest BCUT2D eigenvalue weighted by molar-refractivity contribution is 5.94. The molecule has 8 nitrogen and oxygen atoms in total. The predicted molar refractivity (Wildman–Crippen MR) is 168 cm³/mol. The number of carbonyl (C=O) groups is 1. The zero-order valence-electron chi connectivity index (χ0n) is 25.5. The van der Waals surface area contributed by atoms with Gasteiger partial charge in [-0.25, -0.2) is 8.78 Å². The number of nitrogens with zero attached hydrogens (tertiary/aromatic N) is 6. The number of benzene rings is 2. The molecule has 3 fully saturated rings. The molecule has 0 N–H and O–H groups in total. The van der Waals surface area contributed by atoms with Crippen molar-refractivity contribution in [3.8, 4) is 23.2 Å². The van der Waals surface area contributed by atoms with E-state index in [1.165, 1.54) is 17.2 Å². The van der Waals surface area contributed by atoms with E-state index in [1.807, 2.05) is 29.2 Å². The van der Waals surface area contributed by atoms with Gasteiger partial charge in [0.15, 0.2) is 5.82 Å². The zero-order valence-corrected chi connectivity index (χ0v) is 25.5. The second kappa shape index (κ2) is 12.0. The van der Waals surface area contributed by atoms with Crippen molar-refractivity contribution in [1.82, 2.24) is 19.8 Å². The summed E-state index contributed by atoms with van der Waals surface area (Å²) < 4.78 is 37.5. The number of anilines is 1. The molecule has 3 aliphatic heterocycles. The first-order valence-corrected chi connectivity index (χ1v) is 16.1. The summed E-state index contributed by atoms with van der Waals surface area (Å²) in [5, 5.41) is 10.1. The standard InChI is InChI=1S/C35H38F2N6O2/c1-2-30(44)43-18-17-41(21-25(43)13-15-38)33-29-12-11-28(27-10-5-8-23-7-3-4-9-26(23)27)31(37)32(29)39-34(40-33)45-22-35-14-6-16-42(35)20-24(36)19-35/h2,5,8,10-12,24-25H,1,3-4,6-7,9,13-14,16-22H2/t24-,25+,35+/m1/s1. The maximum absolute atomic E-state index is 16.7. The second-order valence-electron chi connectivity index (χ2n) is 12.9. The van der Waals surface area contributed by atoms with Crippen LogP contribution in [0, 0.1) is 17.1 Å². The number of halogens is 2. The first-order chi connectivity index (χ1) is 21.9. The highest BCUT2D eigenvalue weighted by atomic mass is 19.1. The minimum atomic E-state index is -0.898. The average Bonchev–Trinajstić information content (AvgIpc) is 3.59. The highest BCUT2D eigenvalue weighted by Gasteiger charge is 2.49. The van der Waals surface area contributed by atoms with Crippen molar-refractivity contribution >= 4 is 22.6 Å². The van der Waals surface area contributed by atoms with Crippen LogP contribution < -0.4 is 9.64 Å². The molecule has 0 saturated carbocycles. The monoisotopic (exact) mass is 612 g/mol. The second-order valence-corrected chi connectivity index (χ2v) is 12.9. The minimum Gasteiger partial charge on any atom is -0.461 e. The van der Waals surface area contributed by atoms with Crippen LogP contribution in [-0.2, 0) is 17.6 Å². The van der Waals surface area contributed by atoms with Crippen molar-refractivity contribution in [3.63, 3.8) is 0 Å². The fraction of sp³-hybridized carbons (Fsp3) is 0.486. The molecule has 3 aromatic rings. The molecule has 1 amide bonds. The van der Waals surface area contributed by atoms with E-state index >= 15 is 4.39 Å². The van der Waals surface area contributed by atoms with Crippen molar-refractivity contribution < 1.29 is 18.3 Å². The number of nitriles is 1. The number of hydrogen-bond acceptors (Lipinski definition) is 7. The normalized spacial score (nSPS) is 24.7. The molecule has 4 heterocycles. The summed E-state index contributed by atoms with van der Waals surface area (Å²) in [6.07, 6.45) is 6.84. The molecular weight excluding hydrogens is 574 g/mol. The number of fused-ring (bicyclic) bond motifs is 3. The molecule has 0 bridgehead atoms. The van der Waals surface area contributed by atoms with Crippen LogP contribution >= 0.6 is 0 Å². The Morgan fingerprint density at radius 3 is 2.82 bits per heavy atom. The van der Waals surface area contributed by atoms with E-state index in [9.17, 15) is 14.4 Å². The van der Waals surface area contributed by atoms with Gasteiger partial charge in [0, 0.05) is 43.5 Å². The maximum atomic E-state index is 16.7. The quantitative estimate of drug-likeness (QED) is 0.331. The first kappa shape index (κ1) is 29.6. The number of ether oxygens (including phenoxy) is 1. The zero-order chi connectivity index (χ0) is 31.1. The smallest absolute Gasteiger partial charge is 0.319 e. The van der Waals surface area contributed by atoms with Gasteiger partial charge in [0.2, 0.25) is 5.91 Å². The average molecular weight is 613 g/mol. The minimum absolute atomic E-state index is 0.0496. The number of aryl methyl sites for hydroxylation is 1. The van der Waals surface area contributed by atoms with E-state index in [0.717, 1.165) is 50.6 Å². The molecule has 3 atom stereocenters. The number of rotatable bonds is 7. The molecule has 45 heavy (non-hydrogen) atoms. The van der Waals surface area contributed by atoms with Gasteiger partial charge in [0.1, 0.15) is 24.1 Å². The van der Waals surface area contributed by atoms with Crippen LogP contribution in [0.1, 0.15) is 49.7 Å². The molecule has 7 rings (SSSR count). The third-order valence-electron chi connectivity index (χ3n) is 10.2. The number of alkyl halides is 1. The van der Waals surface area contributed by atoms with Crippen LogP contribution in [0.4, 0.5) is 14.6 Å². The number of carbonyl (C=O) groups excluding carboxylic acids is 1. The van der Waals surface area contributed by atoms with Crippen LogP contribution in [-0.4, -0.2) is 82.8 Å². The Bertz CT molecular complexity index is 1690. The van der Waals surface area contributed by atoms with Crippen LogP contribution in [0.2, 0.25) is 0 Å². The summed E-state index contributed by atoms with van der Waals surface area (Å²) >= 11 is 0. The van der Waals surface area contributed by atoms with Crippen molar-refractivity contribution in [1.29, 1.82) is 5.26 Å². The summed E-state index contributed by atoms with van der Waals surface area (Å²) in [6.45, 7) is 6.22. The first-order valence-electron chi connectivity index (χ1n) is 16.1. The lowest BCUT2D eigenvalue weighted by Crippen LogP contribution is -2.55. The van der Waals surface area contributed by atoms with Gasteiger partial charge in [0.25, 0.3) is 0 Å². The lowest BCUT2D eigenvalue weighted by atomic mass is 9.85. The van der Waals surface area contributed by atoms with E-state index in [4.69, 9.17) is 9.72 Å². The maximum Gasteiger partial charge on any atom is 0.319 e. The van der Waals surface area contributed by atoms with E-state index in [0.29, 0.717) is 49.4 Å². The molecule has 0 radical (unpaired) electrons. The van der Waals surface area contributed by atoms with Crippen LogP contribution in [0.5, 0.6) is 6.01 Å². The summed E-state index contributed by atoms with van der Waals surface area (Å²) in [5.41, 5.74) is 3.60. The van der Waals surface area contributed by atoms with Gasteiger partial charge >= 0.3 is 6.01 Å². The lowest BCUT2D eigenvalue weighted by molar-refractivity contribution is -0.128. The number of aromatic nitrogens is 2. The van der Waals surface area contributed by atoms with Gasteiger partial charge < -0.3 is 14.5 Å². The third-order valence-corrected chi connectivity index (χ3v) is 10.2. The Balaban J connectivity index is 1.30. The summed E-state index contributed by atoms with van der Waals surface area (Å²) in [7, 11) is 0. The fourth-order valence-electron chi connectivity index (χ4n) is 8.06. The SMILES string of the molecule is C=CC(=O)N1CCN(c2nc(OC[C@@]34CCCN3C[C@H](F)C4)nc3c(F)c(-c4cccc5c4CCCC5)ccc23)C[C@@H]1CC#N. The van der Waals surface area contributed by atoms with Gasteiger partial charge in [-0.1, -0.05) is 30.8 Å². The Hall–Kier alpha value is -4.10. The molecule has 2 aromatic carbocycles. The third kappa shape index (κ3) is 5.31. The van der Waals surface area contributed by atoms with Crippen LogP contribution in [0.15, 0.2) is 43.0 Å². The number of amides is 1. The summed E-state index contributed by atoms with van der Waals surface area (Å²) in [6, 6.07) is 11.7. The van der Waals surface area contributed by atoms with E-state index in [-0.39, 0.29) is 36.5 Å². The molecule has 234 valence electrons. The van der Waals surface area contributed by atoms with Gasteiger partial charge in [-0.3, -0.25) is 9.69 Å². The predicted octanol–water partition coefficient (Wildman–Crippen LogP) is 5.39. The summed E-state index contributed by atoms with van der Waals surface area (Å²) in [5.74, 6) is -0.157. The molecule has 3 saturated heterocycles. The lowest BCUT2D eigenvalue weighted by Gasteiger charge is -2.41. The molecule has 1 aliphatic carbocycles. The number of hydrogen-bond donors (Lipinski definition) is 0. The fourth-order valence-corrected chi connectivity index (χ4v) is 8.06. The summed E-state index contributed by atoms with van der Waals surface area (Å²) in [4.78, 5) is 27.8. The van der Waals surface area contributed by atoms with Crippen molar-refractivity contribution in [3.05, 3.63) is 59.9 Å².